The van der Waals surface area contributed by atoms with Gasteiger partial charge in [-0.1, -0.05) is 34.0 Å². The van der Waals surface area contributed by atoms with E-state index in [1.54, 1.807) is 0 Å². The van der Waals surface area contributed by atoms with Gasteiger partial charge in [-0.3, -0.25) is 0 Å². The molecule has 0 bridgehead atoms. The second-order valence-corrected chi connectivity index (χ2v) is 4.04. The Bertz CT molecular complexity index is 117. The molecule has 2 atom stereocenters. The van der Waals surface area contributed by atoms with Crippen molar-refractivity contribution in [3.63, 3.8) is 0 Å². The lowest BCUT2D eigenvalue weighted by Crippen LogP contribution is -2.48. The molecular weight excluding hydrogens is 133 g/mol. The molecule has 0 aromatic carbocycles. The van der Waals surface area contributed by atoms with Crippen LogP contribution < -0.4 is 5.73 Å². The Morgan fingerprint density at radius 1 is 1.18 bits per heavy atom. The SMILES string of the molecule is CBC(C)(CC)C(C)(N)CC. The number of nitrogens with two attached hydrogens (primary N) is 1. The summed E-state index contributed by atoms with van der Waals surface area (Å²) >= 11 is 0. The summed E-state index contributed by atoms with van der Waals surface area (Å²) in [6.07, 6.45) is 2.23. The molecule has 0 rings (SSSR count). The largest absolute Gasteiger partial charge is 0.325 e. The summed E-state index contributed by atoms with van der Waals surface area (Å²) in [5.74, 6) is 0. The molecule has 66 valence electrons. The van der Waals surface area contributed by atoms with Crippen molar-refractivity contribution >= 4 is 7.28 Å². The Hall–Kier alpha value is 0.0249. The highest BCUT2D eigenvalue weighted by Crippen LogP contribution is 2.40. The van der Waals surface area contributed by atoms with E-state index >= 15 is 0 Å². The third-order valence-corrected chi connectivity index (χ3v) is 3.67. The number of hydrogen-bond donors (Lipinski definition) is 1. The molecule has 0 amide bonds. The van der Waals surface area contributed by atoms with E-state index in [1.165, 1.54) is 13.7 Å². The smallest absolute Gasteiger partial charge is 0.126 e. The summed E-state index contributed by atoms with van der Waals surface area (Å²) in [5.41, 5.74) is 6.21. The van der Waals surface area contributed by atoms with Crippen LogP contribution in [0.1, 0.15) is 40.5 Å². The molecule has 0 aliphatic heterocycles. The topological polar surface area (TPSA) is 26.0 Å². The Kier molecular flexibility index (Phi) is 3.63. The lowest BCUT2D eigenvalue weighted by molar-refractivity contribution is 0.314. The molecule has 0 radical (unpaired) electrons. The van der Waals surface area contributed by atoms with E-state index in [4.69, 9.17) is 5.73 Å². The molecule has 0 spiro atoms. The summed E-state index contributed by atoms with van der Waals surface area (Å²) in [4.78, 5) is 0. The predicted octanol–water partition coefficient (Wildman–Crippen LogP) is 2.19. The molecule has 0 aliphatic rings. The fourth-order valence-corrected chi connectivity index (χ4v) is 1.48. The standard InChI is InChI=1S/C9H22BN/c1-6-8(3,10-5)9(4,11)7-2/h10H,6-7,11H2,1-5H3. The van der Waals surface area contributed by atoms with Crippen molar-refractivity contribution in [2.75, 3.05) is 0 Å². The minimum atomic E-state index is -0.00347. The Morgan fingerprint density at radius 2 is 1.64 bits per heavy atom. The van der Waals surface area contributed by atoms with Gasteiger partial charge in [0.25, 0.3) is 0 Å². The molecule has 1 nitrogen and oxygen atoms in total. The number of rotatable bonds is 4. The summed E-state index contributed by atoms with van der Waals surface area (Å²) < 4.78 is 0. The minimum absolute atomic E-state index is 0.00347. The van der Waals surface area contributed by atoms with Crippen molar-refractivity contribution in [2.45, 2.75) is 58.2 Å². The lowest BCUT2D eigenvalue weighted by Gasteiger charge is -2.42. The predicted molar refractivity (Wildman–Crippen MR) is 54.6 cm³/mol. The van der Waals surface area contributed by atoms with Crippen LogP contribution in [0.25, 0.3) is 0 Å². The third-order valence-electron chi connectivity index (χ3n) is 3.67. The van der Waals surface area contributed by atoms with Gasteiger partial charge in [-0.15, -0.1) is 0 Å². The van der Waals surface area contributed by atoms with Crippen LogP contribution in [0.5, 0.6) is 0 Å². The van der Waals surface area contributed by atoms with Crippen LogP contribution >= 0.6 is 0 Å². The number of hydrogen-bond acceptors (Lipinski definition) is 1. The molecule has 0 fully saturated rings. The zero-order chi connectivity index (χ0) is 9.12. The Balaban J connectivity index is 4.47. The first-order chi connectivity index (χ1) is 4.93. The highest BCUT2D eigenvalue weighted by molar-refractivity contribution is 6.38. The van der Waals surface area contributed by atoms with Gasteiger partial charge in [0.1, 0.15) is 7.28 Å². The van der Waals surface area contributed by atoms with Crippen LogP contribution in [0.15, 0.2) is 0 Å². The van der Waals surface area contributed by atoms with E-state index in [0.29, 0.717) is 5.31 Å². The van der Waals surface area contributed by atoms with Crippen LogP contribution in [0, 0.1) is 0 Å². The van der Waals surface area contributed by atoms with Crippen LogP contribution in [0.3, 0.4) is 0 Å². The summed E-state index contributed by atoms with van der Waals surface area (Å²) in [6, 6.07) is 0. The molecule has 2 unspecified atom stereocenters. The maximum absolute atomic E-state index is 6.22. The molecule has 2 N–H and O–H groups in total. The molecule has 0 aromatic rings. The maximum Gasteiger partial charge on any atom is 0.126 e. The first-order valence-electron chi connectivity index (χ1n) is 4.72. The summed E-state index contributed by atoms with van der Waals surface area (Å²) in [6.45, 7) is 11.1. The second-order valence-electron chi connectivity index (χ2n) is 4.04. The molecular formula is C9H22BN. The van der Waals surface area contributed by atoms with E-state index < -0.39 is 0 Å². The van der Waals surface area contributed by atoms with Gasteiger partial charge in [-0.2, -0.15) is 0 Å². The molecule has 2 heteroatoms. The average Bonchev–Trinajstić information content (AvgIpc) is 2.02. The molecule has 0 saturated heterocycles. The Labute approximate surface area is 72.0 Å². The van der Waals surface area contributed by atoms with Gasteiger partial charge in [-0.25, -0.2) is 0 Å². The van der Waals surface area contributed by atoms with Gasteiger partial charge < -0.3 is 5.73 Å². The zero-order valence-corrected chi connectivity index (χ0v) is 8.70. The van der Waals surface area contributed by atoms with Gasteiger partial charge in [0, 0.05) is 5.54 Å². The molecule has 0 heterocycles. The summed E-state index contributed by atoms with van der Waals surface area (Å²) in [5, 5.41) is 0.307. The quantitative estimate of drug-likeness (QED) is 0.618. The van der Waals surface area contributed by atoms with Crippen molar-refractivity contribution in [2.24, 2.45) is 5.73 Å². The third kappa shape index (κ3) is 1.99. The van der Waals surface area contributed by atoms with E-state index in [9.17, 15) is 0 Å². The minimum Gasteiger partial charge on any atom is -0.325 e. The normalized spacial score (nSPS) is 22.0. The van der Waals surface area contributed by atoms with Crippen LogP contribution in [-0.4, -0.2) is 12.8 Å². The van der Waals surface area contributed by atoms with Crippen molar-refractivity contribution in [1.29, 1.82) is 0 Å². The van der Waals surface area contributed by atoms with E-state index in [1.807, 2.05) is 0 Å². The average molecular weight is 155 g/mol. The van der Waals surface area contributed by atoms with E-state index in [-0.39, 0.29) is 5.54 Å². The Morgan fingerprint density at radius 3 is 1.73 bits per heavy atom. The molecule has 11 heavy (non-hydrogen) atoms. The van der Waals surface area contributed by atoms with Gasteiger partial charge in [0.2, 0.25) is 0 Å². The van der Waals surface area contributed by atoms with Crippen molar-refractivity contribution in [1.82, 2.24) is 0 Å². The zero-order valence-electron chi connectivity index (χ0n) is 8.70. The highest BCUT2D eigenvalue weighted by Gasteiger charge is 2.37. The van der Waals surface area contributed by atoms with Crippen LogP contribution in [0.4, 0.5) is 0 Å². The highest BCUT2D eigenvalue weighted by atomic mass is 14.8. The lowest BCUT2D eigenvalue weighted by atomic mass is 9.45. The first-order valence-corrected chi connectivity index (χ1v) is 4.72. The van der Waals surface area contributed by atoms with Gasteiger partial charge in [0.05, 0.1) is 0 Å². The van der Waals surface area contributed by atoms with Gasteiger partial charge in [0.15, 0.2) is 0 Å². The van der Waals surface area contributed by atoms with Crippen molar-refractivity contribution in [3.05, 3.63) is 0 Å². The van der Waals surface area contributed by atoms with Crippen molar-refractivity contribution < 1.29 is 0 Å². The molecule has 0 aliphatic carbocycles. The summed E-state index contributed by atoms with van der Waals surface area (Å²) in [7, 11) is 1.17. The second kappa shape index (κ2) is 3.62. The fourth-order valence-electron chi connectivity index (χ4n) is 1.48. The monoisotopic (exact) mass is 155 g/mol. The van der Waals surface area contributed by atoms with Crippen LogP contribution in [0.2, 0.25) is 12.1 Å². The maximum atomic E-state index is 6.22. The molecule has 0 aromatic heterocycles. The first kappa shape index (κ1) is 11.0. The van der Waals surface area contributed by atoms with Crippen molar-refractivity contribution in [3.8, 4) is 0 Å². The van der Waals surface area contributed by atoms with Gasteiger partial charge >= 0.3 is 0 Å². The van der Waals surface area contributed by atoms with Gasteiger partial charge in [-0.05, 0) is 18.7 Å². The molecule has 0 saturated carbocycles. The fraction of sp³-hybridized carbons (Fsp3) is 1.00. The van der Waals surface area contributed by atoms with E-state index in [2.05, 4.69) is 34.5 Å². The van der Waals surface area contributed by atoms with Crippen LogP contribution in [-0.2, 0) is 0 Å². The van der Waals surface area contributed by atoms with E-state index in [0.717, 1.165) is 6.42 Å².